The van der Waals surface area contributed by atoms with Crippen LogP contribution in [0.2, 0.25) is 10.0 Å². The average molecular weight is 370 g/mol. The second-order valence-electron chi connectivity index (χ2n) is 6.44. The number of rotatable bonds is 5. The average Bonchev–Trinajstić information content (AvgIpc) is 2.61. The fourth-order valence-corrected chi connectivity index (χ4v) is 3.23. The Kier molecular flexibility index (Phi) is 5.80. The number of nitrogens with two attached hydrogens (primary N) is 1. The normalized spacial score (nSPS) is 14.1. The molecule has 25 heavy (non-hydrogen) atoms. The molecule has 0 bridgehead atoms. The monoisotopic (exact) mass is 369 g/mol. The van der Waals surface area contributed by atoms with E-state index in [9.17, 15) is 0 Å². The summed E-state index contributed by atoms with van der Waals surface area (Å²) in [4.78, 5) is 0. The third-order valence-electron chi connectivity index (χ3n) is 4.44. The molecule has 1 nitrogen and oxygen atoms in total. The fourth-order valence-electron chi connectivity index (χ4n) is 2.91. The van der Waals surface area contributed by atoms with Crippen LogP contribution >= 0.6 is 23.2 Å². The summed E-state index contributed by atoms with van der Waals surface area (Å²) >= 11 is 12.1. The molecule has 0 spiro atoms. The highest BCUT2D eigenvalue weighted by Crippen LogP contribution is 2.25. The largest absolute Gasteiger partial charge is 0.327 e. The van der Waals surface area contributed by atoms with E-state index in [-0.39, 0.29) is 12.0 Å². The first-order valence-corrected chi connectivity index (χ1v) is 9.15. The second-order valence-corrected chi connectivity index (χ2v) is 7.26. The molecule has 0 amide bonds. The van der Waals surface area contributed by atoms with Crippen molar-refractivity contribution in [3.05, 3.63) is 87.9 Å². The van der Waals surface area contributed by atoms with Gasteiger partial charge in [0, 0.05) is 6.04 Å². The molecular formula is C22H21Cl2N. The van der Waals surface area contributed by atoms with Gasteiger partial charge in [-0.3, -0.25) is 0 Å². The van der Waals surface area contributed by atoms with Crippen LogP contribution in [0.3, 0.4) is 0 Å². The smallest absolute Gasteiger partial charge is 0.0595 e. The highest BCUT2D eigenvalue weighted by Gasteiger charge is 2.12. The van der Waals surface area contributed by atoms with Crippen LogP contribution in [-0.2, 0) is 6.42 Å². The fraction of sp³-hybridized carbons (Fsp3) is 0.182. The first-order valence-electron chi connectivity index (χ1n) is 8.39. The number of benzene rings is 3. The van der Waals surface area contributed by atoms with Crippen LogP contribution in [0.25, 0.3) is 16.8 Å². The summed E-state index contributed by atoms with van der Waals surface area (Å²) in [6.07, 6.45) is 5.17. The van der Waals surface area contributed by atoms with Gasteiger partial charge >= 0.3 is 0 Å². The van der Waals surface area contributed by atoms with Crippen molar-refractivity contribution in [2.45, 2.75) is 19.4 Å². The maximum atomic E-state index is 6.20. The van der Waals surface area contributed by atoms with E-state index in [0.29, 0.717) is 10.0 Å². The molecule has 0 saturated carbocycles. The maximum absolute atomic E-state index is 6.20. The molecule has 2 N–H and O–H groups in total. The zero-order valence-corrected chi connectivity index (χ0v) is 15.6. The molecule has 3 rings (SSSR count). The zero-order valence-electron chi connectivity index (χ0n) is 14.1. The Balaban J connectivity index is 1.80. The lowest BCUT2D eigenvalue weighted by molar-refractivity contribution is 0.534. The Morgan fingerprint density at radius 3 is 2.40 bits per heavy atom. The predicted molar refractivity (Wildman–Crippen MR) is 110 cm³/mol. The molecule has 0 heterocycles. The Morgan fingerprint density at radius 1 is 0.920 bits per heavy atom. The Labute approximate surface area is 159 Å². The van der Waals surface area contributed by atoms with Gasteiger partial charge in [-0.2, -0.15) is 0 Å². The third kappa shape index (κ3) is 4.64. The van der Waals surface area contributed by atoms with Gasteiger partial charge in [-0.25, -0.2) is 0 Å². The van der Waals surface area contributed by atoms with Gasteiger partial charge in [-0.15, -0.1) is 0 Å². The highest BCUT2D eigenvalue weighted by molar-refractivity contribution is 6.42. The van der Waals surface area contributed by atoms with Crippen LogP contribution < -0.4 is 5.73 Å². The minimum Gasteiger partial charge on any atom is -0.327 e. The molecule has 0 saturated heterocycles. The summed E-state index contributed by atoms with van der Waals surface area (Å²) in [7, 11) is 0. The van der Waals surface area contributed by atoms with Gasteiger partial charge in [-0.1, -0.05) is 77.8 Å². The van der Waals surface area contributed by atoms with Gasteiger partial charge in [0.1, 0.15) is 0 Å². The maximum Gasteiger partial charge on any atom is 0.0595 e. The van der Waals surface area contributed by atoms with Crippen molar-refractivity contribution < 1.29 is 0 Å². The quantitative estimate of drug-likeness (QED) is 0.555. The summed E-state index contributed by atoms with van der Waals surface area (Å²) in [6, 6.07) is 20.7. The first-order chi connectivity index (χ1) is 12.0. The topological polar surface area (TPSA) is 26.0 Å². The molecule has 3 aromatic carbocycles. The molecule has 0 unspecified atom stereocenters. The molecule has 0 aliphatic heterocycles. The van der Waals surface area contributed by atoms with Gasteiger partial charge in [0.05, 0.1) is 10.0 Å². The predicted octanol–water partition coefficient (Wildman–Crippen LogP) is 6.37. The summed E-state index contributed by atoms with van der Waals surface area (Å²) in [5.74, 6) is 0.226. The van der Waals surface area contributed by atoms with Gasteiger partial charge in [-0.05, 0) is 59.4 Å². The van der Waals surface area contributed by atoms with Crippen molar-refractivity contribution in [1.29, 1.82) is 0 Å². The molecule has 0 aliphatic rings. The number of hydrogen-bond acceptors (Lipinski definition) is 1. The second kappa shape index (κ2) is 8.05. The van der Waals surface area contributed by atoms with E-state index in [1.165, 1.54) is 16.3 Å². The van der Waals surface area contributed by atoms with E-state index in [0.717, 1.165) is 12.0 Å². The van der Waals surface area contributed by atoms with Gasteiger partial charge in [0.25, 0.3) is 0 Å². The first kappa shape index (κ1) is 18.0. The molecule has 3 heteroatoms. The summed E-state index contributed by atoms with van der Waals surface area (Å²) in [5, 5.41) is 3.65. The lowest BCUT2D eigenvalue weighted by Gasteiger charge is -2.17. The zero-order chi connectivity index (χ0) is 17.8. The SMILES string of the molecule is C[C@H](N)[C@H](C=Cc1ccc2ccccc2c1)Cc1ccc(Cl)c(Cl)c1. The summed E-state index contributed by atoms with van der Waals surface area (Å²) < 4.78 is 0. The van der Waals surface area contributed by atoms with Gasteiger partial charge in [0.15, 0.2) is 0 Å². The third-order valence-corrected chi connectivity index (χ3v) is 5.18. The minimum absolute atomic E-state index is 0.0474. The molecule has 0 aliphatic carbocycles. The van der Waals surface area contributed by atoms with E-state index < -0.39 is 0 Å². The number of hydrogen-bond donors (Lipinski definition) is 1. The van der Waals surface area contributed by atoms with Crippen LogP contribution in [0.15, 0.2) is 66.7 Å². The summed E-state index contributed by atoms with van der Waals surface area (Å²) in [6.45, 7) is 2.03. The van der Waals surface area contributed by atoms with Gasteiger partial charge in [0.2, 0.25) is 0 Å². The van der Waals surface area contributed by atoms with E-state index in [4.69, 9.17) is 28.9 Å². The van der Waals surface area contributed by atoms with Crippen molar-refractivity contribution >= 4 is 40.1 Å². The van der Waals surface area contributed by atoms with E-state index in [1.807, 2.05) is 25.1 Å². The number of fused-ring (bicyclic) bond motifs is 1. The molecule has 0 radical (unpaired) electrons. The minimum atomic E-state index is 0.0474. The Hall–Kier alpha value is -1.80. The lowest BCUT2D eigenvalue weighted by Crippen LogP contribution is -2.26. The van der Waals surface area contributed by atoms with Crippen LogP contribution in [0.4, 0.5) is 0 Å². The van der Waals surface area contributed by atoms with Crippen LogP contribution in [0, 0.1) is 5.92 Å². The van der Waals surface area contributed by atoms with Crippen molar-refractivity contribution in [3.63, 3.8) is 0 Å². The van der Waals surface area contributed by atoms with Crippen molar-refractivity contribution in [2.24, 2.45) is 11.7 Å². The summed E-state index contributed by atoms with van der Waals surface area (Å²) in [5.41, 5.74) is 8.51. The van der Waals surface area contributed by atoms with Crippen molar-refractivity contribution in [3.8, 4) is 0 Å². The van der Waals surface area contributed by atoms with Gasteiger partial charge < -0.3 is 5.73 Å². The molecular weight excluding hydrogens is 349 g/mol. The molecule has 3 aromatic rings. The lowest BCUT2D eigenvalue weighted by atomic mass is 9.92. The Morgan fingerprint density at radius 2 is 1.68 bits per heavy atom. The van der Waals surface area contributed by atoms with Crippen molar-refractivity contribution in [2.75, 3.05) is 0 Å². The van der Waals surface area contributed by atoms with E-state index in [1.54, 1.807) is 0 Å². The molecule has 128 valence electrons. The molecule has 0 fully saturated rings. The van der Waals surface area contributed by atoms with E-state index in [2.05, 4.69) is 54.6 Å². The van der Waals surface area contributed by atoms with Crippen LogP contribution in [-0.4, -0.2) is 6.04 Å². The van der Waals surface area contributed by atoms with Crippen molar-refractivity contribution in [1.82, 2.24) is 0 Å². The van der Waals surface area contributed by atoms with Crippen LogP contribution in [0.5, 0.6) is 0 Å². The van der Waals surface area contributed by atoms with E-state index >= 15 is 0 Å². The molecule has 2 atom stereocenters. The standard InChI is InChI=1S/C22H21Cl2N/c1-15(25)19(13-17-8-11-21(23)22(24)14-17)10-7-16-6-9-18-4-2-3-5-20(18)12-16/h2-12,14-15,19H,13,25H2,1H3/t15-,19+/m0/s1. The van der Waals surface area contributed by atoms with Crippen LogP contribution in [0.1, 0.15) is 18.1 Å². The highest BCUT2D eigenvalue weighted by atomic mass is 35.5. The molecule has 0 aromatic heterocycles. The number of halogens is 2. The Bertz CT molecular complexity index is 899.